The van der Waals surface area contributed by atoms with E-state index in [0.717, 1.165) is 0 Å². The van der Waals surface area contributed by atoms with Gasteiger partial charge < -0.3 is 0 Å². The molecular formula is C13H21F6GeO3Zr. The first kappa shape index (κ1) is 22.4. The van der Waals surface area contributed by atoms with E-state index in [1.165, 1.54) is 39.0 Å². The van der Waals surface area contributed by atoms with Crippen LogP contribution in [-0.2, 0) is 26.0 Å². The van der Waals surface area contributed by atoms with Crippen molar-refractivity contribution < 1.29 is 52.4 Å². The zero-order chi connectivity index (χ0) is 18.7. The Labute approximate surface area is 141 Å². The van der Waals surface area contributed by atoms with Gasteiger partial charge in [0.25, 0.3) is 0 Å². The Morgan fingerprint density at radius 2 is 1.33 bits per heavy atom. The van der Waals surface area contributed by atoms with E-state index >= 15 is 0 Å². The molecule has 1 aliphatic rings. The summed E-state index contributed by atoms with van der Waals surface area (Å²) in [6.45, 7) is 3.07. The molecule has 141 valence electrons. The van der Waals surface area contributed by atoms with Crippen molar-refractivity contribution in [2.75, 3.05) is 19.8 Å². The SMILES string of the molecule is CC[O][Zr]([O]CC)([O]CC)([C]1=CC=CC1)[GeH]([C](F)(F)F)[C](F)(F)F. The molecule has 0 fully saturated rings. The number of hydrogen-bond acceptors (Lipinski definition) is 3. The predicted octanol–water partition coefficient (Wildman–Crippen LogP) is 4.30. The molecule has 0 aromatic rings. The minimum absolute atomic E-state index is 0.0703. The van der Waals surface area contributed by atoms with Crippen LogP contribution in [0.5, 0.6) is 0 Å². The first-order valence-corrected chi connectivity index (χ1v) is 22.8. The Balaban J connectivity index is 3.83. The summed E-state index contributed by atoms with van der Waals surface area (Å²) in [5.74, 6) is 0. The zero-order valence-electron chi connectivity index (χ0n) is 13.6. The molecule has 11 heteroatoms. The second kappa shape index (κ2) is 7.94. The van der Waals surface area contributed by atoms with Gasteiger partial charge in [-0.2, -0.15) is 0 Å². The van der Waals surface area contributed by atoms with Gasteiger partial charge in [-0.05, 0) is 0 Å². The van der Waals surface area contributed by atoms with Gasteiger partial charge in [-0.3, -0.25) is 0 Å². The van der Waals surface area contributed by atoms with E-state index < -0.39 is 38.2 Å². The zero-order valence-corrected chi connectivity index (χ0v) is 18.5. The molecule has 0 aromatic carbocycles. The van der Waals surface area contributed by atoms with Crippen molar-refractivity contribution in [3.8, 4) is 0 Å². The fourth-order valence-electron chi connectivity index (χ4n) is 3.19. The Kier molecular flexibility index (Phi) is 7.41. The van der Waals surface area contributed by atoms with Crippen molar-refractivity contribution in [3.63, 3.8) is 0 Å². The first-order chi connectivity index (χ1) is 11.0. The number of rotatable bonds is 8. The Hall–Kier alpha value is 0.366. The Morgan fingerprint density at radius 1 is 0.917 bits per heavy atom. The van der Waals surface area contributed by atoms with Gasteiger partial charge in [-0.25, -0.2) is 0 Å². The van der Waals surface area contributed by atoms with E-state index in [9.17, 15) is 26.3 Å². The summed E-state index contributed by atoms with van der Waals surface area (Å²) in [5.41, 5.74) is 0. The summed E-state index contributed by atoms with van der Waals surface area (Å²) in [6.07, 6.45) is 4.10. The molecule has 0 atom stereocenters. The van der Waals surface area contributed by atoms with Crippen LogP contribution in [0.2, 0.25) is 0 Å². The van der Waals surface area contributed by atoms with Crippen molar-refractivity contribution in [1.82, 2.24) is 0 Å². The van der Waals surface area contributed by atoms with Crippen LogP contribution in [0.1, 0.15) is 27.2 Å². The van der Waals surface area contributed by atoms with E-state index in [1.807, 2.05) is 0 Å². The van der Waals surface area contributed by atoms with E-state index in [0.29, 0.717) is 0 Å². The number of allylic oxidation sites excluding steroid dienone is 4. The van der Waals surface area contributed by atoms with Crippen LogP contribution in [-0.4, -0.2) is 40.4 Å². The molecule has 0 heterocycles. The molecule has 0 spiro atoms. The van der Waals surface area contributed by atoms with Gasteiger partial charge in [-0.15, -0.1) is 0 Å². The van der Waals surface area contributed by atoms with Crippen LogP contribution in [0, 0.1) is 0 Å². The van der Waals surface area contributed by atoms with Gasteiger partial charge in [-0.1, -0.05) is 0 Å². The third-order valence-electron chi connectivity index (χ3n) is 3.76. The molecule has 0 aliphatic heterocycles. The van der Waals surface area contributed by atoms with Crippen LogP contribution in [0.3, 0.4) is 0 Å². The third kappa shape index (κ3) is 4.02. The van der Waals surface area contributed by atoms with Gasteiger partial charge in [0, 0.05) is 0 Å². The molecule has 0 saturated heterocycles. The molecule has 0 unspecified atom stereocenters. The fourth-order valence-corrected chi connectivity index (χ4v) is 50.8. The van der Waals surface area contributed by atoms with Gasteiger partial charge in [0.05, 0.1) is 0 Å². The molecule has 0 radical (unpaired) electrons. The molecule has 0 aromatic heterocycles. The van der Waals surface area contributed by atoms with Gasteiger partial charge in [0.1, 0.15) is 0 Å². The summed E-state index contributed by atoms with van der Waals surface area (Å²) >= 11 is -6.76. The van der Waals surface area contributed by atoms with Crippen molar-refractivity contribution in [3.05, 3.63) is 21.5 Å². The van der Waals surface area contributed by atoms with Crippen LogP contribution in [0.15, 0.2) is 21.5 Å². The quantitative estimate of drug-likeness (QED) is 0.366. The Morgan fingerprint density at radius 3 is 1.58 bits per heavy atom. The second-order valence-corrected chi connectivity index (χ2v) is 38.4. The van der Waals surface area contributed by atoms with E-state index in [2.05, 4.69) is 0 Å². The standard InChI is InChI=1S/C5H5.C2HF6Ge.3C2H5O.Zr/c1-2-4-5-3-1;3-1(4,5)9-2(6,7)8;3*1-2-3;/h1-3H,4H2;9H;3*2H2,1H3;/q;;3*-1;+3. The first-order valence-electron chi connectivity index (χ1n) is 7.57. The fraction of sp³-hybridized carbons (Fsp3) is 0.692. The van der Waals surface area contributed by atoms with Crippen molar-refractivity contribution in [2.45, 2.75) is 37.2 Å². The molecular weight excluding hydrogens is 482 g/mol. The van der Waals surface area contributed by atoms with Crippen molar-refractivity contribution >= 4 is 10.6 Å². The molecule has 0 N–H and O–H groups in total. The number of alkyl halides is 6. The summed E-state index contributed by atoms with van der Waals surface area (Å²) in [5, 5.41) is -10.9. The minimum atomic E-state index is -6.76. The van der Waals surface area contributed by atoms with E-state index in [-0.39, 0.29) is 29.5 Å². The molecule has 1 aliphatic carbocycles. The average Bonchev–Trinajstić information content (AvgIpc) is 2.90. The molecule has 0 saturated carbocycles. The van der Waals surface area contributed by atoms with Crippen molar-refractivity contribution in [2.24, 2.45) is 0 Å². The molecule has 0 amide bonds. The van der Waals surface area contributed by atoms with Gasteiger partial charge >= 0.3 is 141 Å². The summed E-state index contributed by atoms with van der Waals surface area (Å²) in [4.78, 5) is 0. The molecule has 1 rings (SSSR count). The number of hydrogen-bond donors (Lipinski definition) is 0. The Bertz CT molecular complexity index is 469. The van der Waals surface area contributed by atoms with Crippen LogP contribution >= 0.6 is 0 Å². The van der Waals surface area contributed by atoms with Crippen LogP contribution < -0.4 is 0 Å². The van der Waals surface area contributed by atoms with E-state index in [4.69, 9.17) is 8.44 Å². The third-order valence-corrected chi connectivity index (χ3v) is 50.4. The maximum atomic E-state index is 13.7. The summed E-state index contributed by atoms with van der Waals surface area (Å²) in [7, 11) is -6.32. The number of halogens is 6. The van der Waals surface area contributed by atoms with Gasteiger partial charge in [0.2, 0.25) is 0 Å². The van der Waals surface area contributed by atoms with Gasteiger partial charge in [0.15, 0.2) is 0 Å². The summed E-state index contributed by atoms with van der Waals surface area (Å²) in [6, 6.07) is 0. The topological polar surface area (TPSA) is 27.7 Å². The average molecular weight is 503 g/mol. The maximum absolute atomic E-state index is 13.7. The molecule has 24 heavy (non-hydrogen) atoms. The second-order valence-electron chi connectivity index (χ2n) is 5.19. The monoisotopic (exact) mass is 503 g/mol. The summed E-state index contributed by atoms with van der Waals surface area (Å²) < 4.78 is 98.4. The van der Waals surface area contributed by atoms with Crippen molar-refractivity contribution in [1.29, 1.82) is 0 Å². The van der Waals surface area contributed by atoms with Crippen LogP contribution in [0.4, 0.5) is 26.3 Å². The van der Waals surface area contributed by atoms with Crippen LogP contribution in [0.25, 0.3) is 0 Å². The molecule has 3 nitrogen and oxygen atoms in total. The van der Waals surface area contributed by atoms with E-state index in [1.54, 1.807) is 0 Å². The normalized spacial score (nSPS) is 17.9. The molecule has 0 bridgehead atoms. The predicted molar refractivity (Wildman–Crippen MR) is 76.0 cm³/mol.